The Labute approximate surface area is 182 Å². The number of anilines is 4. The molecule has 1 aromatic carbocycles. The predicted molar refractivity (Wildman–Crippen MR) is 113 cm³/mol. The van der Waals surface area contributed by atoms with E-state index < -0.39 is 18.2 Å². The summed E-state index contributed by atoms with van der Waals surface area (Å²) in [6.45, 7) is 0.294. The molecule has 2 aromatic rings. The molecular weight excluding hydrogens is 435 g/mol. The SMILES string of the molecule is CN(C)c1ccc(Nc2ccnc(Cl)c2C#N)cc1N(C=O)CCC(C)(O)C(F)(F)F. The number of hydrogen-bond acceptors (Lipinski definition) is 6. The first-order chi connectivity index (χ1) is 14.4. The van der Waals surface area contributed by atoms with Gasteiger partial charge in [-0.15, -0.1) is 0 Å². The number of carbonyl (C=O) groups excluding carboxylic acids is 1. The van der Waals surface area contributed by atoms with Crippen LogP contribution in [-0.4, -0.2) is 48.9 Å². The second-order valence-corrected chi connectivity index (χ2v) is 7.54. The van der Waals surface area contributed by atoms with E-state index >= 15 is 0 Å². The van der Waals surface area contributed by atoms with Gasteiger partial charge in [0.05, 0.1) is 17.1 Å². The van der Waals surface area contributed by atoms with Gasteiger partial charge in [0.15, 0.2) is 5.60 Å². The fraction of sp³-hybridized carbons (Fsp3) is 0.350. The van der Waals surface area contributed by atoms with Gasteiger partial charge in [0.25, 0.3) is 0 Å². The van der Waals surface area contributed by atoms with Gasteiger partial charge in [0.2, 0.25) is 6.41 Å². The minimum Gasteiger partial charge on any atom is -0.381 e. The van der Waals surface area contributed by atoms with Crippen LogP contribution in [0.5, 0.6) is 0 Å². The molecule has 0 fully saturated rings. The highest BCUT2D eigenvalue weighted by Gasteiger charge is 2.49. The Morgan fingerprint density at radius 3 is 2.52 bits per heavy atom. The lowest BCUT2D eigenvalue weighted by Gasteiger charge is -2.30. The molecule has 166 valence electrons. The third kappa shape index (κ3) is 5.57. The number of halogens is 4. The van der Waals surface area contributed by atoms with E-state index in [1.54, 1.807) is 43.3 Å². The molecule has 11 heteroatoms. The first-order valence-corrected chi connectivity index (χ1v) is 9.43. The summed E-state index contributed by atoms with van der Waals surface area (Å²) in [5, 5.41) is 22.0. The quantitative estimate of drug-likeness (QED) is 0.460. The van der Waals surface area contributed by atoms with Crippen LogP contribution in [-0.2, 0) is 4.79 Å². The lowest BCUT2D eigenvalue weighted by Crippen LogP contribution is -2.44. The predicted octanol–water partition coefficient (Wildman–Crippen LogP) is 4.08. The van der Waals surface area contributed by atoms with Crippen molar-refractivity contribution < 1.29 is 23.1 Å². The van der Waals surface area contributed by atoms with Crippen LogP contribution < -0.4 is 15.1 Å². The minimum atomic E-state index is -4.83. The fourth-order valence-corrected chi connectivity index (χ4v) is 2.92. The molecule has 0 bridgehead atoms. The molecular formula is C20H21ClF3N5O2. The van der Waals surface area contributed by atoms with Crippen molar-refractivity contribution in [2.45, 2.75) is 25.1 Å². The zero-order chi connectivity index (χ0) is 23.4. The zero-order valence-electron chi connectivity index (χ0n) is 17.0. The largest absolute Gasteiger partial charge is 0.416 e. The summed E-state index contributed by atoms with van der Waals surface area (Å²) in [6.07, 6.45) is -3.72. The van der Waals surface area contributed by atoms with Crippen molar-refractivity contribution >= 4 is 40.8 Å². The van der Waals surface area contributed by atoms with Gasteiger partial charge < -0.3 is 20.2 Å². The molecule has 0 aliphatic heterocycles. The Hall–Kier alpha value is -3.03. The summed E-state index contributed by atoms with van der Waals surface area (Å²) in [5.74, 6) is 0. The summed E-state index contributed by atoms with van der Waals surface area (Å²) >= 11 is 5.94. The number of aromatic nitrogens is 1. The molecule has 0 radical (unpaired) electrons. The van der Waals surface area contributed by atoms with Gasteiger partial charge in [-0.25, -0.2) is 4.98 Å². The first-order valence-electron chi connectivity index (χ1n) is 9.05. The maximum absolute atomic E-state index is 13.0. The van der Waals surface area contributed by atoms with Crippen LogP contribution in [0.25, 0.3) is 0 Å². The molecule has 0 saturated heterocycles. The normalized spacial score (nSPS) is 13.1. The smallest absolute Gasteiger partial charge is 0.381 e. The lowest BCUT2D eigenvalue weighted by atomic mass is 10.0. The Morgan fingerprint density at radius 1 is 1.29 bits per heavy atom. The molecule has 7 nitrogen and oxygen atoms in total. The van der Waals surface area contributed by atoms with Gasteiger partial charge in [-0.3, -0.25) is 4.79 Å². The minimum absolute atomic E-state index is 0.0153. The van der Waals surface area contributed by atoms with Crippen molar-refractivity contribution in [3.63, 3.8) is 0 Å². The Kier molecular flexibility index (Phi) is 7.36. The van der Waals surface area contributed by atoms with Gasteiger partial charge in [0.1, 0.15) is 16.8 Å². The topological polar surface area (TPSA) is 92.5 Å². The van der Waals surface area contributed by atoms with Crippen LogP contribution in [0, 0.1) is 11.3 Å². The average molecular weight is 456 g/mol. The van der Waals surface area contributed by atoms with Crippen molar-refractivity contribution in [1.29, 1.82) is 5.26 Å². The second-order valence-electron chi connectivity index (χ2n) is 7.18. The zero-order valence-corrected chi connectivity index (χ0v) is 17.8. The fourth-order valence-electron chi connectivity index (χ4n) is 2.72. The number of rotatable bonds is 8. The van der Waals surface area contributed by atoms with Crippen LogP contribution in [0.3, 0.4) is 0 Å². The first kappa shape index (κ1) is 24.2. The highest BCUT2D eigenvalue weighted by atomic mass is 35.5. The third-order valence-corrected chi connectivity index (χ3v) is 4.93. The van der Waals surface area contributed by atoms with Gasteiger partial charge in [-0.2, -0.15) is 18.4 Å². The van der Waals surface area contributed by atoms with E-state index in [0.717, 1.165) is 4.90 Å². The maximum Gasteiger partial charge on any atom is 0.416 e. The number of nitriles is 1. The van der Waals surface area contributed by atoms with Gasteiger partial charge >= 0.3 is 6.18 Å². The molecule has 1 amide bonds. The van der Waals surface area contributed by atoms with Gasteiger partial charge in [0, 0.05) is 38.9 Å². The van der Waals surface area contributed by atoms with Crippen molar-refractivity contribution in [2.75, 3.05) is 35.8 Å². The number of aliphatic hydroxyl groups is 1. The molecule has 1 aromatic heterocycles. The molecule has 1 atom stereocenters. The molecule has 0 saturated carbocycles. The van der Waals surface area contributed by atoms with E-state index in [2.05, 4.69) is 10.3 Å². The number of nitrogens with one attached hydrogen (secondary N) is 1. The van der Waals surface area contributed by atoms with Crippen LogP contribution in [0.4, 0.5) is 35.9 Å². The highest BCUT2D eigenvalue weighted by molar-refractivity contribution is 6.31. The van der Waals surface area contributed by atoms with Gasteiger partial charge in [-0.1, -0.05) is 11.6 Å². The van der Waals surface area contributed by atoms with Crippen LogP contribution >= 0.6 is 11.6 Å². The van der Waals surface area contributed by atoms with E-state index in [-0.39, 0.29) is 17.3 Å². The molecule has 0 aliphatic carbocycles. The number of carbonyl (C=O) groups is 1. The van der Waals surface area contributed by atoms with Gasteiger partial charge in [-0.05, 0) is 31.2 Å². The number of amides is 1. The summed E-state index contributed by atoms with van der Waals surface area (Å²) in [4.78, 5) is 18.3. The molecule has 1 unspecified atom stereocenters. The monoisotopic (exact) mass is 455 g/mol. The third-order valence-electron chi connectivity index (χ3n) is 4.64. The van der Waals surface area contributed by atoms with Crippen LogP contribution in [0.15, 0.2) is 30.5 Å². The van der Waals surface area contributed by atoms with Crippen molar-refractivity contribution in [2.24, 2.45) is 0 Å². The van der Waals surface area contributed by atoms with Crippen molar-refractivity contribution in [1.82, 2.24) is 4.98 Å². The molecule has 0 spiro atoms. The Morgan fingerprint density at radius 2 is 1.97 bits per heavy atom. The number of hydrogen-bond donors (Lipinski definition) is 2. The van der Waals surface area contributed by atoms with E-state index in [0.29, 0.717) is 36.1 Å². The summed E-state index contributed by atoms with van der Waals surface area (Å²) in [6, 6.07) is 8.40. The second kappa shape index (κ2) is 9.41. The molecule has 2 N–H and O–H groups in total. The summed E-state index contributed by atoms with van der Waals surface area (Å²) in [5.41, 5.74) is -1.09. The molecule has 2 rings (SSSR count). The number of benzene rings is 1. The Balaban J connectivity index is 2.40. The maximum atomic E-state index is 13.0. The van der Waals surface area contributed by atoms with Crippen LogP contribution in [0.1, 0.15) is 18.9 Å². The molecule has 1 heterocycles. The molecule has 31 heavy (non-hydrogen) atoms. The Bertz CT molecular complexity index is 990. The average Bonchev–Trinajstić information content (AvgIpc) is 2.67. The lowest BCUT2D eigenvalue weighted by molar-refractivity contribution is -0.254. The molecule has 0 aliphatic rings. The number of nitrogens with zero attached hydrogens (tertiary/aromatic N) is 4. The number of alkyl halides is 3. The standard InChI is InChI=1S/C20H21ClF3N5O2/c1-19(31,20(22,23)24)7-9-29(12-30)17-10-13(4-5-16(17)28(2)3)27-15-6-8-26-18(21)14(15)11-25/h4-6,8,10,12,31H,7,9H2,1-3H3,(H,26,27). The van der Waals surface area contributed by atoms with E-state index in [1.807, 2.05) is 6.07 Å². The van der Waals surface area contributed by atoms with Crippen molar-refractivity contribution in [3.05, 3.63) is 41.2 Å². The van der Waals surface area contributed by atoms with E-state index in [9.17, 15) is 28.3 Å². The summed E-state index contributed by atoms with van der Waals surface area (Å²) in [7, 11) is 3.44. The van der Waals surface area contributed by atoms with E-state index in [4.69, 9.17) is 11.6 Å². The number of pyridine rings is 1. The van der Waals surface area contributed by atoms with Crippen molar-refractivity contribution in [3.8, 4) is 6.07 Å². The van der Waals surface area contributed by atoms with E-state index in [1.165, 1.54) is 6.20 Å². The highest BCUT2D eigenvalue weighted by Crippen LogP contribution is 2.36. The van der Waals surface area contributed by atoms with Crippen LogP contribution in [0.2, 0.25) is 5.15 Å². The summed E-state index contributed by atoms with van der Waals surface area (Å²) < 4.78 is 39.0.